The number of ether oxygens (including phenoxy) is 1. The Morgan fingerprint density at radius 3 is 2.96 bits per heavy atom. The number of hydrogen-bond acceptors (Lipinski definition) is 8. The summed E-state index contributed by atoms with van der Waals surface area (Å²) in [6.45, 7) is 0.889. The van der Waals surface area contributed by atoms with Crippen LogP contribution in [0.5, 0.6) is 0 Å². The Morgan fingerprint density at radius 1 is 1.52 bits per heavy atom. The molecule has 9 nitrogen and oxygen atoms in total. The summed E-state index contributed by atoms with van der Waals surface area (Å²) in [6, 6.07) is 1.03. The van der Waals surface area contributed by atoms with E-state index < -0.39 is 42.0 Å². The molecule has 25 heavy (non-hydrogen) atoms. The molecule has 0 radical (unpaired) electrons. The van der Waals surface area contributed by atoms with Crippen molar-refractivity contribution < 1.29 is 24.4 Å². The molecule has 0 aliphatic carbocycles. The van der Waals surface area contributed by atoms with Crippen molar-refractivity contribution in [3.05, 3.63) is 28.4 Å². The number of hydrogen-bond donors (Lipinski definition) is 4. The lowest BCUT2D eigenvalue weighted by Crippen LogP contribution is -2.44. The molecule has 1 fully saturated rings. The Balaban J connectivity index is 1.97. The summed E-state index contributed by atoms with van der Waals surface area (Å²) in [4.78, 5) is 19.5. The third-order valence-corrected chi connectivity index (χ3v) is 4.55. The number of nitrogens with one attached hydrogen (secondary N) is 1. The molecule has 0 aromatic carbocycles. The first-order valence-corrected chi connectivity index (χ1v) is 7.56. The van der Waals surface area contributed by atoms with Gasteiger partial charge in [0.2, 0.25) is 0 Å². The van der Waals surface area contributed by atoms with Gasteiger partial charge in [-0.3, -0.25) is 4.79 Å². The van der Waals surface area contributed by atoms with Gasteiger partial charge >= 0.3 is 5.56 Å². The van der Waals surface area contributed by atoms with Crippen LogP contribution in [0.4, 0.5) is 16.0 Å². The van der Waals surface area contributed by atoms with E-state index in [-0.39, 0.29) is 11.6 Å². The molecule has 2 aromatic rings. The molecule has 1 saturated heterocycles. The number of aliphatic imine (C=N–C) groups is 1. The molecule has 0 unspecified atom stereocenters. The van der Waals surface area contributed by atoms with Gasteiger partial charge < -0.3 is 29.9 Å². The predicted octanol–water partition coefficient (Wildman–Crippen LogP) is -0.378. The molecule has 4 rings (SSSR count). The normalized spacial score (nSPS) is 30.7. The van der Waals surface area contributed by atoms with Crippen LogP contribution in [0.1, 0.15) is 13.2 Å². The van der Waals surface area contributed by atoms with E-state index in [1.165, 1.54) is 24.0 Å². The van der Waals surface area contributed by atoms with Gasteiger partial charge in [-0.1, -0.05) is 0 Å². The second kappa shape index (κ2) is 5.30. The Morgan fingerprint density at radius 2 is 2.28 bits per heavy atom. The second-order valence-corrected chi connectivity index (χ2v) is 6.23. The van der Waals surface area contributed by atoms with Crippen molar-refractivity contribution in [2.24, 2.45) is 4.99 Å². The molecule has 0 bridgehead atoms. The zero-order valence-corrected chi connectivity index (χ0v) is 13.0. The summed E-state index contributed by atoms with van der Waals surface area (Å²) < 4.78 is 20.9. The Labute approximate surface area is 140 Å². The Kier molecular flexibility index (Phi) is 3.41. The zero-order chi connectivity index (χ0) is 17.9. The van der Waals surface area contributed by atoms with Crippen LogP contribution in [0.3, 0.4) is 0 Å². The van der Waals surface area contributed by atoms with E-state index in [9.17, 15) is 24.5 Å². The van der Waals surface area contributed by atoms with Crippen LogP contribution in [0, 0.1) is 5.82 Å². The van der Waals surface area contributed by atoms with Crippen LogP contribution in [-0.2, 0) is 4.74 Å². The summed E-state index contributed by atoms with van der Waals surface area (Å²) in [5.41, 5.74) is -2.73. The van der Waals surface area contributed by atoms with Gasteiger partial charge in [0.05, 0.1) is 18.3 Å². The van der Waals surface area contributed by atoms with Crippen LogP contribution < -0.4 is 10.9 Å². The van der Waals surface area contributed by atoms with E-state index in [2.05, 4.69) is 15.3 Å². The van der Waals surface area contributed by atoms with Crippen molar-refractivity contribution in [2.75, 3.05) is 11.9 Å². The summed E-state index contributed by atoms with van der Waals surface area (Å²) in [5.74, 6) is -0.622. The van der Waals surface area contributed by atoms with Crippen molar-refractivity contribution in [3.63, 3.8) is 0 Å². The number of aliphatic hydroxyl groups is 3. The third kappa shape index (κ3) is 2.19. The molecule has 4 heterocycles. The number of anilines is 1. The van der Waals surface area contributed by atoms with Gasteiger partial charge in [-0.25, -0.2) is 9.38 Å². The van der Waals surface area contributed by atoms with E-state index in [1.54, 1.807) is 0 Å². The van der Waals surface area contributed by atoms with E-state index in [4.69, 9.17) is 4.74 Å². The number of rotatable bonds is 2. The van der Waals surface area contributed by atoms with E-state index >= 15 is 0 Å². The minimum atomic E-state index is -1.72. The molecular formula is C15H15FN4O5. The number of nitrogens with zero attached hydrogens (tertiary/aromatic N) is 3. The predicted molar refractivity (Wildman–Crippen MR) is 85.4 cm³/mol. The van der Waals surface area contributed by atoms with Crippen LogP contribution in [0.2, 0.25) is 0 Å². The largest absolute Gasteiger partial charge is 0.394 e. The van der Waals surface area contributed by atoms with Crippen LogP contribution in [0.15, 0.2) is 22.1 Å². The van der Waals surface area contributed by atoms with Gasteiger partial charge in [-0.2, -0.15) is 4.98 Å². The highest BCUT2D eigenvalue weighted by Gasteiger charge is 2.53. The van der Waals surface area contributed by atoms with Gasteiger partial charge in [0.25, 0.3) is 0 Å². The van der Waals surface area contributed by atoms with Gasteiger partial charge in [-0.05, 0) is 13.0 Å². The van der Waals surface area contributed by atoms with E-state index in [0.717, 1.165) is 6.07 Å². The highest BCUT2D eigenvalue weighted by molar-refractivity contribution is 6.06. The summed E-state index contributed by atoms with van der Waals surface area (Å²) in [5, 5.41) is 33.5. The molecule has 2 aromatic heterocycles. The standard InChI is InChI=1S/C15H15FN4O5/c1-15(24)10(22)8(4-21)25-14(15)20-3-6-2-7(16)13(23)19-11-9(6)12(20)18-5-17-11/h2-3,5,8,10,14,21-22,24H,4H2,1H3,(H,17,18,19,23)/t8-,10-,14-,15+/m1/s1. The van der Waals surface area contributed by atoms with Crippen LogP contribution in [-0.4, -0.2) is 55.6 Å². The first-order valence-electron chi connectivity index (χ1n) is 7.56. The van der Waals surface area contributed by atoms with Gasteiger partial charge in [0.15, 0.2) is 12.0 Å². The fraction of sp³-hybridized carbons (Fsp3) is 0.400. The quantitative estimate of drug-likeness (QED) is 0.581. The maximum atomic E-state index is 13.9. The summed E-state index contributed by atoms with van der Waals surface area (Å²) >= 11 is 0. The van der Waals surface area contributed by atoms with E-state index in [0.29, 0.717) is 10.8 Å². The molecule has 0 saturated carbocycles. The van der Waals surface area contributed by atoms with E-state index in [1.807, 2.05) is 0 Å². The highest BCUT2D eigenvalue weighted by atomic mass is 19.1. The van der Waals surface area contributed by atoms with Crippen LogP contribution in [0.25, 0.3) is 10.8 Å². The fourth-order valence-corrected chi connectivity index (χ4v) is 3.25. The monoisotopic (exact) mass is 350 g/mol. The minimum Gasteiger partial charge on any atom is -0.394 e. The van der Waals surface area contributed by atoms with Gasteiger partial charge in [0, 0.05) is 11.6 Å². The fourth-order valence-electron chi connectivity index (χ4n) is 3.25. The lowest BCUT2D eigenvalue weighted by atomic mass is 9.96. The lowest BCUT2D eigenvalue weighted by molar-refractivity contribution is -0.0955. The average molecular weight is 350 g/mol. The second-order valence-electron chi connectivity index (χ2n) is 6.23. The molecule has 0 amide bonds. The maximum Gasteiger partial charge on any atom is 0.307 e. The first-order chi connectivity index (χ1) is 11.8. The smallest absolute Gasteiger partial charge is 0.307 e. The topological polar surface area (TPSA) is 129 Å². The van der Waals surface area contributed by atoms with Crippen molar-refractivity contribution >= 4 is 28.7 Å². The third-order valence-electron chi connectivity index (χ3n) is 4.55. The number of halogens is 1. The number of aromatic nitrogens is 2. The Hall–Kier alpha value is -2.40. The SMILES string of the molecule is C[C@]1(O)[C@H](O)[C@@H](CO)O[C@H]1n1cc2cc(F)c(=O)nc3c2c1N=CN3. The molecule has 132 valence electrons. The summed E-state index contributed by atoms with van der Waals surface area (Å²) in [7, 11) is 0. The van der Waals surface area contributed by atoms with Crippen molar-refractivity contribution in [2.45, 2.75) is 31.0 Å². The Bertz CT molecular complexity index is 957. The molecule has 4 N–H and O–H groups in total. The molecule has 0 spiro atoms. The van der Waals surface area contributed by atoms with Crippen LogP contribution >= 0.6 is 0 Å². The summed E-state index contributed by atoms with van der Waals surface area (Å²) in [6.07, 6.45) is -0.660. The molecule has 2 aliphatic heterocycles. The van der Waals surface area contributed by atoms with Gasteiger partial charge in [-0.15, -0.1) is 0 Å². The van der Waals surface area contributed by atoms with Crippen molar-refractivity contribution in [1.29, 1.82) is 0 Å². The molecular weight excluding hydrogens is 335 g/mol. The lowest BCUT2D eigenvalue weighted by Gasteiger charge is -2.28. The molecule has 10 heteroatoms. The van der Waals surface area contributed by atoms with Gasteiger partial charge in [0.1, 0.15) is 29.4 Å². The zero-order valence-electron chi connectivity index (χ0n) is 13.0. The van der Waals surface area contributed by atoms with Crippen molar-refractivity contribution in [3.8, 4) is 0 Å². The molecule has 4 atom stereocenters. The maximum absolute atomic E-state index is 13.9. The minimum absolute atomic E-state index is 0.129. The average Bonchev–Trinajstić information content (AvgIpc) is 2.99. The first kappa shape index (κ1) is 16.1. The van der Waals surface area contributed by atoms with Crippen molar-refractivity contribution in [1.82, 2.24) is 9.55 Å². The highest BCUT2D eigenvalue weighted by Crippen LogP contribution is 2.44. The molecule has 2 aliphatic rings. The number of aliphatic hydroxyl groups excluding tert-OH is 2.